The van der Waals surface area contributed by atoms with Crippen molar-refractivity contribution in [2.24, 2.45) is 0 Å². The molecule has 3 nitrogen and oxygen atoms in total. The molecule has 0 bridgehead atoms. The SMILES string of the molecule is CCCCCSC1CCC(NCC)(C(=O)O)C1. The fraction of sp³-hybridized carbons (Fsp3) is 0.923. The van der Waals surface area contributed by atoms with Gasteiger partial charge in [-0.1, -0.05) is 26.7 Å². The maximum absolute atomic E-state index is 11.4. The summed E-state index contributed by atoms with van der Waals surface area (Å²) in [6.45, 7) is 4.92. The van der Waals surface area contributed by atoms with Gasteiger partial charge in [-0.3, -0.25) is 4.79 Å². The van der Waals surface area contributed by atoms with E-state index in [2.05, 4.69) is 12.2 Å². The van der Waals surface area contributed by atoms with Crippen LogP contribution < -0.4 is 5.32 Å². The third-order valence-corrected chi connectivity index (χ3v) is 4.89. The molecule has 0 saturated heterocycles. The van der Waals surface area contributed by atoms with Crippen LogP contribution >= 0.6 is 11.8 Å². The summed E-state index contributed by atoms with van der Waals surface area (Å²) < 4.78 is 0. The number of aliphatic carboxylic acids is 1. The van der Waals surface area contributed by atoms with Gasteiger partial charge in [0.25, 0.3) is 0 Å². The van der Waals surface area contributed by atoms with E-state index in [1.165, 1.54) is 25.0 Å². The summed E-state index contributed by atoms with van der Waals surface area (Å²) in [6, 6.07) is 0. The Kier molecular flexibility index (Phi) is 6.34. The molecule has 1 aliphatic carbocycles. The van der Waals surface area contributed by atoms with Gasteiger partial charge >= 0.3 is 5.97 Å². The molecule has 0 aliphatic heterocycles. The fourth-order valence-electron chi connectivity index (χ4n) is 2.51. The number of carbonyl (C=O) groups is 1. The minimum atomic E-state index is -0.670. The first-order valence-electron chi connectivity index (χ1n) is 6.74. The number of thioether (sulfide) groups is 1. The lowest BCUT2D eigenvalue weighted by Gasteiger charge is -2.25. The summed E-state index contributed by atoms with van der Waals surface area (Å²) in [7, 11) is 0. The van der Waals surface area contributed by atoms with Crippen molar-refractivity contribution in [1.82, 2.24) is 5.32 Å². The van der Waals surface area contributed by atoms with Crippen molar-refractivity contribution in [3.05, 3.63) is 0 Å². The Bertz CT molecular complexity index is 248. The molecule has 2 N–H and O–H groups in total. The summed E-state index contributed by atoms with van der Waals surface area (Å²) in [6.07, 6.45) is 6.41. The van der Waals surface area contributed by atoms with Gasteiger partial charge in [0, 0.05) is 5.25 Å². The summed E-state index contributed by atoms with van der Waals surface area (Å²) in [5.74, 6) is 0.511. The minimum Gasteiger partial charge on any atom is -0.480 e. The van der Waals surface area contributed by atoms with E-state index in [1.807, 2.05) is 18.7 Å². The maximum Gasteiger partial charge on any atom is 0.323 e. The average molecular weight is 259 g/mol. The fourth-order valence-corrected chi connectivity index (χ4v) is 3.90. The van der Waals surface area contributed by atoms with Gasteiger partial charge in [-0.2, -0.15) is 11.8 Å². The Morgan fingerprint density at radius 3 is 2.82 bits per heavy atom. The molecule has 4 heteroatoms. The molecule has 0 aromatic rings. The Hall–Kier alpha value is -0.220. The molecule has 1 aliphatic rings. The number of hydrogen-bond donors (Lipinski definition) is 2. The Morgan fingerprint density at radius 2 is 2.24 bits per heavy atom. The van der Waals surface area contributed by atoms with E-state index in [4.69, 9.17) is 0 Å². The largest absolute Gasteiger partial charge is 0.480 e. The van der Waals surface area contributed by atoms with Crippen molar-refractivity contribution in [2.75, 3.05) is 12.3 Å². The molecule has 17 heavy (non-hydrogen) atoms. The highest BCUT2D eigenvalue weighted by molar-refractivity contribution is 7.99. The highest BCUT2D eigenvalue weighted by Crippen LogP contribution is 2.37. The van der Waals surface area contributed by atoms with E-state index in [-0.39, 0.29) is 0 Å². The van der Waals surface area contributed by atoms with Crippen molar-refractivity contribution in [1.29, 1.82) is 0 Å². The van der Waals surface area contributed by atoms with Gasteiger partial charge in [-0.05, 0) is 38.0 Å². The lowest BCUT2D eigenvalue weighted by Crippen LogP contribution is -2.50. The van der Waals surface area contributed by atoms with Crippen molar-refractivity contribution in [3.63, 3.8) is 0 Å². The predicted octanol–water partition coefficient (Wildman–Crippen LogP) is 2.90. The maximum atomic E-state index is 11.4. The van der Waals surface area contributed by atoms with E-state index in [0.29, 0.717) is 5.25 Å². The first kappa shape index (κ1) is 14.8. The molecule has 1 fully saturated rings. The molecular formula is C13H25NO2S. The predicted molar refractivity (Wildman–Crippen MR) is 73.7 cm³/mol. The van der Waals surface area contributed by atoms with Gasteiger partial charge in [0.15, 0.2) is 0 Å². The monoisotopic (exact) mass is 259 g/mol. The van der Waals surface area contributed by atoms with Crippen LogP contribution in [0.4, 0.5) is 0 Å². The molecular weight excluding hydrogens is 234 g/mol. The quantitative estimate of drug-likeness (QED) is 0.658. The zero-order chi connectivity index (χ0) is 12.7. The minimum absolute atomic E-state index is 0.530. The molecule has 0 amide bonds. The van der Waals surface area contributed by atoms with Crippen LogP contribution in [0.3, 0.4) is 0 Å². The van der Waals surface area contributed by atoms with E-state index in [0.717, 1.165) is 25.8 Å². The van der Waals surface area contributed by atoms with Crippen LogP contribution in [0.2, 0.25) is 0 Å². The van der Waals surface area contributed by atoms with E-state index < -0.39 is 11.5 Å². The smallest absolute Gasteiger partial charge is 0.323 e. The Morgan fingerprint density at radius 1 is 1.47 bits per heavy atom. The average Bonchev–Trinajstić information content (AvgIpc) is 2.70. The second-order valence-corrected chi connectivity index (χ2v) is 6.27. The van der Waals surface area contributed by atoms with Gasteiger partial charge < -0.3 is 10.4 Å². The van der Waals surface area contributed by atoms with E-state index >= 15 is 0 Å². The molecule has 0 aromatic heterocycles. The number of carboxylic acids is 1. The molecule has 0 spiro atoms. The van der Waals surface area contributed by atoms with Crippen LogP contribution in [0.15, 0.2) is 0 Å². The number of hydrogen-bond acceptors (Lipinski definition) is 3. The van der Waals surface area contributed by atoms with Crippen molar-refractivity contribution in [2.45, 2.75) is 63.2 Å². The van der Waals surface area contributed by atoms with Crippen LogP contribution in [-0.4, -0.2) is 34.2 Å². The normalized spacial score (nSPS) is 28.5. The molecule has 0 aromatic carbocycles. The van der Waals surface area contributed by atoms with Crippen molar-refractivity contribution in [3.8, 4) is 0 Å². The number of nitrogens with one attached hydrogen (secondary N) is 1. The van der Waals surface area contributed by atoms with Crippen LogP contribution in [0.25, 0.3) is 0 Å². The zero-order valence-electron chi connectivity index (χ0n) is 11.0. The van der Waals surface area contributed by atoms with Gasteiger partial charge in [0.2, 0.25) is 0 Å². The number of rotatable bonds is 8. The standard InChI is InChI=1S/C13H25NO2S/c1-3-5-6-9-17-11-7-8-13(10-11,12(15)16)14-4-2/h11,14H,3-10H2,1-2H3,(H,15,16). The summed E-state index contributed by atoms with van der Waals surface area (Å²) >= 11 is 1.97. The molecule has 1 rings (SSSR count). The van der Waals surface area contributed by atoms with Crippen LogP contribution in [0.1, 0.15) is 52.4 Å². The van der Waals surface area contributed by atoms with Crippen LogP contribution in [-0.2, 0) is 4.79 Å². The lowest BCUT2D eigenvalue weighted by molar-refractivity contribution is -0.144. The van der Waals surface area contributed by atoms with Crippen LogP contribution in [0, 0.1) is 0 Å². The molecule has 1 saturated carbocycles. The third-order valence-electron chi connectivity index (χ3n) is 3.50. The van der Waals surface area contributed by atoms with Gasteiger partial charge in [0.05, 0.1) is 0 Å². The topological polar surface area (TPSA) is 49.3 Å². The van der Waals surface area contributed by atoms with E-state index in [9.17, 15) is 9.90 Å². The summed E-state index contributed by atoms with van der Waals surface area (Å²) in [5.41, 5.74) is -0.642. The Balaban J connectivity index is 2.35. The van der Waals surface area contributed by atoms with Crippen LogP contribution in [0.5, 0.6) is 0 Å². The highest BCUT2D eigenvalue weighted by atomic mass is 32.2. The molecule has 2 unspecified atom stereocenters. The molecule has 100 valence electrons. The first-order valence-corrected chi connectivity index (χ1v) is 7.79. The first-order chi connectivity index (χ1) is 8.14. The lowest BCUT2D eigenvalue weighted by atomic mass is 9.98. The summed E-state index contributed by atoms with van der Waals surface area (Å²) in [5, 5.41) is 13.1. The molecule has 0 radical (unpaired) electrons. The molecule has 0 heterocycles. The van der Waals surface area contributed by atoms with E-state index in [1.54, 1.807) is 0 Å². The highest BCUT2D eigenvalue weighted by Gasteiger charge is 2.44. The zero-order valence-corrected chi connectivity index (χ0v) is 11.8. The van der Waals surface area contributed by atoms with Crippen molar-refractivity contribution < 1.29 is 9.90 Å². The Labute approximate surface area is 109 Å². The second kappa shape index (κ2) is 7.27. The van der Waals surface area contributed by atoms with Gasteiger partial charge in [-0.25, -0.2) is 0 Å². The molecule has 2 atom stereocenters. The van der Waals surface area contributed by atoms with Crippen molar-refractivity contribution >= 4 is 17.7 Å². The second-order valence-electron chi connectivity index (χ2n) is 4.86. The number of unbranched alkanes of at least 4 members (excludes halogenated alkanes) is 2. The third kappa shape index (κ3) is 4.18. The van der Waals surface area contributed by atoms with Gasteiger partial charge in [0.1, 0.15) is 5.54 Å². The summed E-state index contributed by atoms with van der Waals surface area (Å²) in [4.78, 5) is 11.4. The van der Waals surface area contributed by atoms with Gasteiger partial charge in [-0.15, -0.1) is 0 Å². The number of likely N-dealkylation sites (N-methyl/N-ethyl adjacent to an activating group) is 1. The number of carboxylic acid groups (broad SMARTS) is 1.